The van der Waals surface area contributed by atoms with Crippen molar-refractivity contribution in [2.75, 3.05) is 12.0 Å². The van der Waals surface area contributed by atoms with E-state index >= 15 is 0 Å². The van der Waals surface area contributed by atoms with Crippen molar-refractivity contribution < 1.29 is 14.7 Å². The molecule has 0 atom stereocenters. The van der Waals surface area contributed by atoms with Crippen molar-refractivity contribution in [3.05, 3.63) is 53.8 Å². The SMILES string of the molecule is CC(=O)c1cccc(NN2C=C(C(=O)O)C=CC2)c1. The summed E-state index contributed by atoms with van der Waals surface area (Å²) in [5.74, 6) is -0.982. The van der Waals surface area contributed by atoms with Crippen molar-refractivity contribution in [2.45, 2.75) is 6.92 Å². The zero-order valence-corrected chi connectivity index (χ0v) is 10.5. The van der Waals surface area contributed by atoms with Crippen LogP contribution in [0.2, 0.25) is 0 Å². The summed E-state index contributed by atoms with van der Waals surface area (Å²) >= 11 is 0. The molecule has 2 N–H and O–H groups in total. The van der Waals surface area contributed by atoms with E-state index in [9.17, 15) is 9.59 Å². The van der Waals surface area contributed by atoms with Crippen LogP contribution in [0.1, 0.15) is 17.3 Å². The molecule has 0 aromatic heterocycles. The number of ketones is 1. The highest BCUT2D eigenvalue weighted by atomic mass is 16.4. The summed E-state index contributed by atoms with van der Waals surface area (Å²) in [7, 11) is 0. The van der Waals surface area contributed by atoms with Crippen molar-refractivity contribution >= 4 is 17.4 Å². The van der Waals surface area contributed by atoms with Crippen molar-refractivity contribution in [3.63, 3.8) is 0 Å². The van der Waals surface area contributed by atoms with Gasteiger partial charge in [0.2, 0.25) is 0 Å². The molecule has 1 heterocycles. The Kier molecular flexibility index (Phi) is 3.66. The van der Waals surface area contributed by atoms with Gasteiger partial charge in [0.25, 0.3) is 0 Å². The van der Waals surface area contributed by atoms with E-state index in [1.54, 1.807) is 35.4 Å². The molecule has 5 heteroatoms. The van der Waals surface area contributed by atoms with Crippen LogP contribution >= 0.6 is 0 Å². The largest absolute Gasteiger partial charge is 0.478 e. The first-order valence-electron chi connectivity index (χ1n) is 5.82. The van der Waals surface area contributed by atoms with Gasteiger partial charge in [0.1, 0.15) is 0 Å². The second-order valence-electron chi connectivity index (χ2n) is 4.19. The minimum Gasteiger partial charge on any atom is -0.478 e. The molecule has 1 aliphatic rings. The molecule has 0 unspecified atom stereocenters. The Bertz CT molecular complexity index is 576. The first-order valence-corrected chi connectivity index (χ1v) is 5.82. The van der Waals surface area contributed by atoms with Gasteiger partial charge >= 0.3 is 5.97 Å². The minimum absolute atomic E-state index is 0.0102. The average Bonchev–Trinajstić information content (AvgIpc) is 2.39. The summed E-state index contributed by atoms with van der Waals surface area (Å²) in [6, 6.07) is 7.07. The Morgan fingerprint density at radius 3 is 2.84 bits per heavy atom. The monoisotopic (exact) mass is 258 g/mol. The lowest BCUT2D eigenvalue weighted by molar-refractivity contribution is -0.132. The maximum Gasteiger partial charge on any atom is 0.337 e. The van der Waals surface area contributed by atoms with E-state index in [-0.39, 0.29) is 11.4 Å². The number of hydrogen-bond donors (Lipinski definition) is 2. The van der Waals surface area contributed by atoms with Crippen LogP contribution in [-0.4, -0.2) is 28.4 Å². The number of carboxylic acid groups (broad SMARTS) is 1. The predicted molar refractivity (Wildman–Crippen MR) is 71.6 cm³/mol. The zero-order valence-electron chi connectivity index (χ0n) is 10.5. The number of Topliss-reactive ketones (excluding diaryl/α,β-unsaturated/α-hetero) is 1. The topological polar surface area (TPSA) is 69.6 Å². The molecule has 19 heavy (non-hydrogen) atoms. The number of hydrogen-bond acceptors (Lipinski definition) is 4. The van der Waals surface area contributed by atoms with Crippen LogP contribution in [-0.2, 0) is 4.79 Å². The minimum atomic E-state index is -0.972. The molecule has 5 nitrogen and oxygen atoms in total. The molecule has 1 aliphatic heterocycles. The molecule has 0 spiro atoms. The van der Waals surface area contributed by atoms with E-state index in [1.165, 1.54) is 13.1 Å². The molecule has 0 bridgehead atoms. The van der Waals surface area contributed by atoms with Crippen LogP contribution in [0, 0.1) is 0 Å². The van der Waals surface area contributed by atoms with E-state index in [4.69, 9.17) is 5.11 Å². The fourth-order valence-corrected chi connectivity index (χ4v) is 1.73. The molecular formula is C14H14N2O3. The van der Waals surface area contributed by atoms with E-state index in [1.807, 2.05) is 6.07 Å². The third-order valence-electron chi connectivity index (χ3n) is 2.68. The van der Waals surface area contributed by atoms with E-state index < -0.39 is 5.97 Å². The average molecular weight is 258 g/mol. The summed E-state index contributed by atoms with van der Waals surface area (Å²) in [5, 5.41) is 10.6. The Hall–Kier alpha value is -2.56. The van der Waals surface area contributed by atoms with Gasteiger partial charge in [0, 0.05) is 11.8 Å². The van der Waals surface area contributed by atoms with Crippen molar-refractivity contribution in [1.82, 2.24) is 5.01 Å². The fraction of sp³-hybridized carbons (Fsp3) is 0.143. The molecule has 0 saturated carbocycles. The number of benzene rings is 1. The molecule has 0 fully saturated rings. The van der Waals surface area contributed by atoms with Gasteiger partial charge in [-0.3, -0.25) is 15.2 Å². The maximum atomic E-state index is 11.3. The Labute approximate surface area is 110 Å². The second-order valence-corrected chi connectivity index (χ2v) is 4.19. The predicted octanol–water partition coefficient (Wildman–Crippen LogP) is 2.06. The Morgan fingerprint density at radius 2 is 2.16 bits per heavy atom. The molecule has 0 saturated heterocycles. The highest BCUT2D eigenvalue weighted by Gasteiger charge is 2.11. The van der Waals surface area contributed by atoms with Crippen molar-refractivity contribution in [2.24, 2.45) is 0 Å². The lowest BCUT2D eigenvalue weighted by Gasteiger charge is -2.24. The van der Waals surface area contributed by atoms with Crippen LogP contribution in [0.25, 0.3) is 0 Å². The summed E-state index contributed by atoms with van der Waals surface area (Å²) in [6.45, 7) is 2.06. The van der Waals surface area contributed by atoms with Gasteiger partial charge in [-0.2, -0.15) is 0 Å². The zero-order chi connectivity index (χ0) is 13.8. The molecule has 98 valence electrons. The third-order valence-corrected chi connectivity index (χ3v) is 2.68. The normalized spacial score (nSPS) is 13.9. The molecule has 1 aromatic carbocycles. The van der Waals surface area contributed by atoms with Crippen LogP contribution in [0.4, 0.5) is 5.69 Å². The highest BCUT2D eigenvalue weighted by molar-refractivity contribution is 5.95. The number of anilines is 1. The highest BCUT2D eigenvalue weighted by Crippen LogP contribution is 2.14. The molecule has 0 radical (unpaired) electrons. The van der Waals surface area contributed by atoms with Crippen molar-refractivity contribution in [3.8, 4) is 0 Å². The molecule has 2 rings (SSSR count). The van der Waals surface area contributed by atoms with Gasteiger partial charge in [-0.1, -0.05) is 18.2 Å². The summed E-state index contributed by atoms with van der Waals surface area (Å²) in [5.41, 5.74) is 4.61. The molecule has 0 aliphatic carbocycles. The van der Waals surface area contributed by atoms with Crippen LogP contribution < -0.4 is 5.43 Å². The number of carboxylic acids is 1. The van der Waals surface area contributed by atoms with Crippen molar-refractivity contribution in [1.29, 1.82) is 0 Å². The number of aliphatic carboxylic acids is 1. The number of nitrogens with one attached hydrogen (secondary N) is 1. The number of carbonyl (C=O) groups excluding carboxylic acids is 1. The number of nitrogens with zero attached hydrogens (tertiary/aromatic N) is 1. The number of hydrazine groups is 1. The van der Waals surface area contributed by atoms with Crippen LogP contribution in [0.5, 0.6) is 0 Å². The van der Waals surface area contributed by atoms with Gasteiger partial charge in [0.15, 0.2) is 5.78 Å². The molecule has 1 aromatic rings. The molecular weight excluding hydrogens is 244 g/mol. The number of carbonyl (C=O) groups is 2. The van der Waals surface area contributed by atoms with Crippen LogP contribution in [0.3, 0.4) is 0 Å². The Balaban J connectivity index is 2.14. The first kappa shape index (κ1) is 12.9. The summed E-state index contributed by atoms with van der Waals surface area (Å²) < 4.78 is 0. The molecule has 0 amide bonds. The fourth-order valence-electron chi connectivity index (χ4n) is 1.73. The quantitative estimate of drug-likeness (QED) is 0.809. The van der Waals surface area contributed by atoms with Gasteiger partial charge in [-0.15, -0.1) is 0 Å². The van der Waals surface area contributed by atoms with E-state index in [2.05, 4.69) is 5.43 Å². The summed E-state index contributed by atoms with van der Waals surface area (Å²) in [6.07, 6.45) is 4.83. The lowest BCUT2D eigenvalue weighted by atomic mass is 10.1. The van der Waals surface area contributed by atoms with E-state index in [0.29, 0.717) is 12.1 Å². The van der Waals surface area contributed by atoms with Gasteiger partial charge in [-0.05, 0) is 25.1 Å². The van der Waals surface area contributed by atoms with Gasteiger partial charge in [0.05, 0.1) is 17.8 Å². The maximum absolute atomic E-state index is 11.3. The number of rotatable bonds is 4. The first-order chi connectivity index (χ1) is 9.06. The standard InChI is InChI=1S/C14H14N2O3/c1-10(17)11-4-2-6-13(8-11)15-16-7-3-5-12(9-16)14(18)19/h2-6,8-9,15H,7H2,1H3,(H,18,19). The second kappa shape index (κ2) is 5.39. The smallest absolute Gasteiger partial charge is 0.337 e. The van der Waals surface area contributed by atoms with Crippen LogP contribution in [0.15, 0.2) is 48.2 Å². The van der Waals surface area contributed by atoms with Gasteiger partial charge < -0.3 is 5.11 Å². The summed E-state index contributed by atoms with van der Waals surface area (Å²) in [4.78, 5) is 22.2. The third kappa shape index (κ3) is 3.22. The Morgan fingerprint density at radius 1 is 1.37 bits per heavy atom. The van der Waals surface area contributed by atoms with Gasteiger partial charge in [-0.25, -0.2) is 4.79 Å². The van der Waals surface area contributed by atoms with E-state index in [0.717, 1.165) is 5.69 Å². The lowest BCUT2D eigenvalue weighted by Crippen LogP contribution is -2.27.